The van der Waals surface area contributed by atoms with Crippen LogP contribution in [0, 0.1) is 0 Å². The third-order valence-electron chi connectivity index (χ3n) is 12.8. The lowest BCUT2D eigenvalue weighted by molar-refractivity contribution is -0.129. The smallest absolute Gasteiger partial charge is 0.182 e. The number of benzene rings is 4. The molecular weight excluding hydrogens is 689 g/mol. The molecule has 1 fully saturated rings. The van der Waals surface area contributed by atoms with Crippen molar-refractivity contribution in [3.05, 3.63) is 76.8 Å². The van der Waals surface area contributed by atoms with E-state index in [4.69, 9.17) is 4.99 Å². The maximum absolute atomic E-state index is 14.2. The van der Waals surface area contributed by atoms with Gasteiger partial charge in [0.05, 0.1) is 10.9 Å². The molecule has 1 saturated carbocycles. The Kier molecular flexibility index (Phi) is 12.8. The highest BCUT2D eigenvalue weighted by Gasteiger charge is 2.47. The maximum atomic E-state index is 14.2. The Morgan fingerprint density at radius 3 is 1.66 bits per heavy atom. The van der Waals surface area contributed by atoms with Crippen LogP contribution >= 0.6 is 0 Å². The number of nitrogens with zero attached hydrogens (tertiary/aromatic N) is 1. The van der Waals surface area contributed by atoms with Gasteiger partial charge in [0.15, 0.2) is 11.6 Å². The van der Waals surface area contributed by atoms with Gasteiger partial charge in [-0.15, -0.1) is 0 Å². The van der Waals surface area contributed by atoms with Crippen molar-refractivity contribution in [1.82, 2.24) is 0 Å². The largest absolute Gasteiger partial charge is 0.363 e. The summed E-state index contributed by atoms with van der Waals surface area (Å²) in [5.41, 5.74) is 3.61. The highest BCUT2D eigenvalue weighted by molar-refractivity contribution is 6.59. The zero-order valence-electron chi connectivity index (χ0n) is 34.8. The number of anilines is 3. The number of Topliss-reactive ketones (excluding diaryl/α,β-unsaturated/α-hetero) is 2. The lowest BCUT2D eigenvalue weighted by atomic mass is 9.70. The van der Waals surface area contributed by atoms with Crippen LogP contribution in [0.25, 0.3) is 27.1 Å². The molecule has 1 aliphatic carbocycles. The molecule has 7 rings (SSSR count). The summed E-state index contributed by atoms with van der Waals surface area (Å²) in [6, 6.07) is 20.5. The van der Waals surface area contributed by atoms with Gasteiger partial charge in [-0.05, 0) is 85.4 Å². The molecule has 0 aromatic heterocycles. The minimum absolute atomic E-state index is 0.0979. The van der Waals surface area contributed by atoms with E-state index >= 15 is 0 Å². The maximum Gasteiger partial charge on any atom is 0.182 e. The van der Waals surface area contributed by atoms with Gasteiger partial charge in [0.1, 0.15) is 17.2 Å². The van der Waals surface area contributed by atoms with Crippen molar-refractivity contribution in [1.29, 1.82) is 0 Å². The van der Waals surface area contributed by atoms with Crippen molar-refractivity contribution < 1.29 is 9.59 Å². The first-order valence-corrected chi connectivity index (χ1v) is 22.4. The number of carbonyl (C=O) groups excluding carboxylic acids is 2. The van der Waals surface area contributed by atoms with E-state index in [9.17, 15) is 9.59 Å². The SMILES string of the molecule is CCCCCCCCCCCC1(C)N=c2ccc(=C3C(=O)C(c4ccc5c6c(cccc46)NC(C)(CCCCCCCCCCC)N5)C3=O)c3cccc(c23)N1. The predicted octanol–water partition coefficient (Wildman–Crippen LogP) is 12.2. The zero-order valence-corrected chi connectivity index (χ0v) is 34.8. The van der Waals surface area contributed by atoms with Crippen molar-refractivity contribution in [3.63, 3.8) is 0 Å². The summed E-state index contributed by atoms with van der Waals surface area (Å²) in [6.45, 7) is 8.98. The average molecular weight is 755 g/mol. The van der Waals surface area contributed by atoms with Gasteiger partial charge in [0.2, 0.25) is 0 Å². The van der Waals surface area contributed by atoms with Crippen LogP contribution in [0.5, 0.6) is 0 Å². The second-order valence-electron chi connectivity index (χ2n) is 17.6. The highest BCUT2D eigenvalue weighted by Crippen LogP contribution is 2.45. The van der Waals surface area contributed by atoms with E-state index in [2.05, 4.69) is 67.9 Å². The van der Waals surface area contributed by atoms with Crippen molar-refractivity contribution in [3.8, 4) is 0 Å². The van der Waals surface area contributed by atoms with E-state index in [0.717, 1.165) is 74.0 Å². The van der Waals surface area contributed by atoms with Crippen LogP contribution in [0.1, 0.15) is 168 Å². The summed E-state index contributed by atoms with van der Waals surface area (Å²) >= 11 is 0. The Morgan fingerprint density at radius 1 is 0.536 bits per heavy atom. The van der Waals surface area contributed by atoms with Crippen LogP contribution in [-0.4, -0.2) is 22.9 Å². The zero-order chi connectivity index (χ0) is 39.1. The van der Waals surface area contributed by atoms with Crippen LogP contribution in [0.4, 0.5) is 17.1 Å². The summed E-state index contributed by atoms with van der Waals surface area (Å²) in [7, 11) is 0. The van der Waals surface area contributed by atoms with Crippen molar-refractivity contribution in [2.24, 2.45) is 4.99 Å². The molecule has 56 heavy (non-hydrogen) atoms. The first kappa shape index (κ1) is 40.0. The van der Waals surface area contributed by atoms with Crippen LogP contribution < -0.4 is 26.5 Å². The molecule has 3 N–H and O–H groups in total. The summed E-state index contributed by atoms with van der Waals surface area (Å²) in [6.07, 6.45) is 25.5. The Bertz CT molecular complexity index is 2140. The molecule has 4 aromatic rings. The topological polar surface area (TPSA) is 82.6 Å². The highest BCUT2D eigenvalue weighted by atomic mass is 16.2. The lowest BCUT2D eigenvalue weighted by Gasteiger charge is -2.40. The molecule has 2 unspecified atom stereocenters. The number of unbranched alkanes of at least 4 members (excludes halogenated alkanes) is 16. The molecular formula is C50H66N4O2. The van der Waals surface area contributed by atoms with Gasteiger partial charge < -0.3 is 16.0 Å². The van der Waals surface area contributed by atoms with Gasteiger partial charge in [0, 0.05) is 27.8 Å². The molecule has 0 radical (unpaired) electrons. The fraction of sp³-hybridized carbons (Fsp3) is 0.540. The molecule has 0 bridgehead atoms. The van der Waals surface area contributed by atoms with Crippen LogP contribution in [0.2, 0.25) is 0 Å². The van der Waals surface area contributed by atoms with Gasteiger partial charge >= 0.3 is 0 Å². The molecule has 0 saturated heterocycles. The molecule has 2 heterocycles. The van der Waals surface area contributed by atoms with E-state index in [0.29, 0.717) is 5.57 Å². The summed E-state index contributed by atoms with van der Waals surface area (Å²) < 4.78 is 0. The fourth-order valence-electron chi connectivity index (χ4n) is 9.71. The third-order valence-corrected chi connectivity index (χ3v) is 12.8. The monoisotopic (exact) mass is 755 g/mol. The van der Waals surface area contributed by atoms with Crippen molar-refractivity contribution in [2.75, 3.05) is 16.0 Å². The predicted molar refractivity (Wildman–Crippen MR) is 236 cm³/mol. The van der Waals surface area contributed by atoms with Crippen LogP contribution in [0.3, 0.4) is 0 Å². The molecule has 2 aliphatic heterocycles. The number of hydrogen-bond donors (Lipinski definition) is 3. The molecule has 4 aromatic carbocycles. The molecule has 3 aliphatic rings. The Balaban J connectivity index is 1.04. The fourth-order valence-corrected chi connectivity index (χ4v) is 9.71. The molecule has 6 nitrogen and oxygen atoms in total. The van der Waals surface area contributed by atoms with Gasteiger partial charge in [-0.2, -0.15) is 0 Å². The second-order valence-corrected chi connectivity index (χ2v) is 17.6. The summed E-state index contributed by atoms with van der Waals surface area (Å²) in [4.78, 5) is 33.5. The van der Waals surface area contributed by atoms with Crippen molar-refractivity contribution >= 4 is 55.7 Å². The standard InChI is InChI=1S/C50H66N4O2/c1-5-7-9-11-13-15-17-19-21-33-49(3)51-39-27-23-25-35-37(29-31-41(53-49)43(35)39)45-47(55)46(48(45)56)38-30-32-42-44-36(38)26-24-28-40(44)52-50(4,54-42)34-22-20-18-16-14-12-10-8-6-2/h23-32,45,51-53H,5-22,33-34H2,1-4H3. The molecule has 2 atom stereocenters. The van der Waals surface area contributed by atoms with Crippen molar-refractivity contribution in [2.45, 2.75) is 173 Å². The van der Waals surface area contributed by atoms with Crippen LogP contribution in [0.15, 0.2) is 65.7 Å². The average Bonchev–Trinajstić information content (AvgIpc) is 3.18. The van der Waals surface area contributed by atoms with Crippen LogP contribution in [-0.2, 0) is 9.59 Å². The van der Waals surface area contributed by atoms with Gasteiger partial charge in [0.25, 0.3) is 0 Å². The molecule has 0 amide bonds. The van der Waals surface area contributed by atoms with E-state index in [1.165, 1.54) is 109 Å². The number of nitrogens with one attached hydrogen (secondary N) is 3. The van der Waals surface area contributed by atoms with E-state index in [-0.39, 0.29) is 22.9 Å². The van der Waals surface area contributed by atoms with Gasteiger partial charge in [-0.25, -0.2) is 0 Å². The Labute approximate surface area is 335 Å². The van der Waals surface area contributed by atoms with E-state index < -0.39 is 5.92 Å². The second kappa shape index (κ2) is 17.9. The minimum Gasteiger partial charge on any atom is -0.363 e. The first-order chi connectivity index (χ1) is 27.3. The first-order valence-electron chi connectivity index (χ1n) is 22.4. The molecule has 298 valence electrons. The van der Waals surface area contributed by atoms with E-state index in [1.807, 2.05) is 36.4 Å². The number of carbonyl (C=O) groups is 2. The summed E-state index contributed by atoms with van der Waals surface area (Å²) in [5, 5.41) is 16.9. The summed E-state index contributed by atoms with van der Waals surface area (Å²) in [5.74, 6) is -0.990. The van der Waals surface area contributed by atoms with E-state index in [1.54, 1.807) is 0 Å². The lowest BCUT2D eigenvalue weighted by Crippen LogP contribution is -2.45. The third kappa shape index (κ3) is 8.55. The Hall–Kier alpha value is -4.19. The van der Waals surface area contributed by atoms with Gasteiger partial charge in [-0.1, -0.05) is 153 Å². The quantitative estimate of drug-likeness (QED) is 0.0583. The number of hydrogen-bond acceptors (Lipinski definition) is 6. The number of ketones is 2. The number of rotatable bonds is 21. The molecule has 0 spiro atoms. The molecule has 6 heteroatoms. The Morgan fingerprint density at radius 2 is 1.05 bits per heavy atom. The van der Waals surface area contributed by atoms with Gasteiger partial charge in [-0.3, -0.25) is 14.6 Å². The minimum atomic E-state index is -0.794. The normalized spacial score (nSPS) is 21.1.